The fourth-order valence-electron chi connectivity index (χ4n) is 3.29. The van der Waals surface area contributed by atoms with Gasteiger partial charge in [0, 0.05) is 17.5 Å². The van der Waals surface area contributed by atoms with E-state index in [0.717, 1.165) is 0 Å². The molecule has 1 amide bonds. The van der Waals surface area contributed by atoms with Crippen LogP contribution in [0, 0.1) is 6.92 Å². The summed E-state index contributed by atoms with van der Waals surface area (Å²) in [5, 5.41) is 3.07. The number of carbonyl (C=O) groups excluding carboxylic acids is 1. The summed E-state index contributed by atoms with van der Waals surface area (Å²) in [4.78, 5) is 12.7. The number of ether oxygens (including phenoxy) is 2. The van der Waals surface area contributed by atoms with Crippen LogP contribution in [0.3, 0.4) is 0 Å². The number of nitrogens with one attached hydrogen (secondary N) is 3. The van der Waals surface area contributed by atoms with Crippen LogP contribution in [0.5, 0.6) is 11.5 Å². The molecule has 0 radical (unpaired) electrons. The van der Waals surface area contributed by atoms with E-state index in [4.69, 9.17) is 9.47 Å². The Morgan fingerprint density at radius 2 is 1.69 bits per heavy atom. The Bertz CT molecular complexity index is 776. The Morgan fingerprint density at radius 3 is 2.35 bits per heavy atom. The van der Waals surface area contributed by atoms with Gasteiger partial charge < -0.3 is 14.8 Å². The fraction of sp³-hybridized carbons (Fsp3) is 0.350. The zero-order chi connectivity index (χ0) is 18.7. The van der Waals surface area contributed by atoms with Gasteiger partial charge >= 0.3 is 0 Å². The molecule has 3 rings (SSSR count). The number of hydrazine groups is 1. The van der Waals surface area contributed by atoms with Crippen LogP contribution in [0.4, 0.5) is 0 Å². The molecule has 1 fully saturated rings. The van der Waals surface area contributed by atoms with Gasteiger partial charge in [-0.1, -0.05) is 29.8 Å². The lowest BCUT2D eigenvalue weighted by atomic mass is 9.91. The molecule has 6 heteroatoms. The topological polar surface area (TPSA) is 71.6 Å². The second-order valence-corrected chi connectivity index (χ2v) is 6.53. The summed E-state index contributed by atoms with van der Waals surface area (Å²) in [5.41, 5.74) is 9.32. The highest BCUT2D eigenvalue weighted by Crippen LogP contribution is 2.29. The van der Waals surface area contributed by atoms with Crippen molar-refractivity contribution in [2.45, 2.75) is 32.0 Å². The predicted octanol–water partition coefficient (Wildman–Crippen LogP) is 2.35. The summed E-state index contributed by atoms with van der Waals surface area (Å²) in [6.45, 7) is 4.16. The van der Waals surface area contributed by atoms with Gasteiger partial charge in [0.25, 0.3) is 5.91 Å². The number of benzene rings is 2. The van der Waals surface area contributed by atoms with Crippen molar-refractivity contribution in [2.24, 2.45) is 0 Å². The molecule has 1 saturated heterocycles. The maximum atomic E-state index is 12.7. The van der Waals surface area contributed by atoms with Crippen LogP contribution in [0.15, 0.2) is 42.5 Å². The first-order valence-electron chi connectivity index (χ1n) is 8.64. The van der Waals surface area contributed by atoms with Crippen molar-refractivity contribution in [1.29, 1.82) is 0 Å². The van der Waals surface area contributed by atoms with Crippen molar-refractivity contribution < 1.29 is 14.3 Å². The van der Waals surface area contributed by atoms with Crippen LogP contribution in [0.25, 0.3) is 0 Å². The lowest BCUT2D eigenvalue weighted by Gasteiger charge is -2.23. The zero-order valence-electron chi connectivity index (χ0n) is 15.5. The van der Waals surface area contributed by atoms with Crippen LogP contribution in [0.1, 0.15) is 34.3 Å². The molecule has 0 bridgehead atoms. The fourth-order valence-corrected chi connectivity index (χ4v) is 3.29. The molecule has 1 heterocycles. The highest BCUT2D eigenvalue weighted by Gasteiger charge is 2.35. The van der Waals surface area contributed by atoms with Crippen molar-refractivity contribution in [2.75, 3.05) is 14.2 Å². The molecule has 0 saturated carbocycles. The Hall–Kier alpha value is -2.57. The number of hydrogen-bond donors (Lipinski definition) is 3. The minimum atomic E-state index is -0.215. The molecular weight excluding hydrogens is 330 g/mol. The minimum Gasteiger partial charge on any atom is -0.493 e. The molecule has 26 heavy (non-hydrogen) atoms. The molecule has 138 valence electrons. The summed E-state index contributed by atoms with van der Waals surface area (Å²) in [7, 11) is 3.12. The quantitative estimate of drug-likeness (QED) is 0.768. The van der Waals surface area contributed by atoms with Crippen LogP contribution in [0.2, 0.25) is 0 Å². The molecule has 1 aliphatic heterocycles. The molecule has 2 aromatic rings. The number of carbonyl (C=O) groups is 1. The lowest BCUT2D eigenvalue weighted by molar-refractivity contribution is 0.0928. The lowest BCUT2D eigenvalue weighted by Crippen LogP contribution is -2.46. The van der Waals surface area contributed by atoms with E-state index in [2.05, 4.69) is 54.3 Å². The number of hydrogen-bond acceptors (Lipinski definition) is 5. The van der Waals surface area contributed by atoms with Crippen molar-refractivity contribution >= 4 is 5.91 Å². The summed E-state index contributed by atoms with van der Waals surface area (Å²) in [5.74, 6) is 1.08. The molecule has 3 N–H and O–H groups in total. The van der Waals surface area contributed by atoms with E-state index in [1.807, 2.05) is 0 Å². The van der Waals surface area contributed by atoms with Gasteiger partial charge in [-0.3, -0.25) is 10.2 Å². The van der Waals surface area contributed by atoms with E-state index in [1.54, 1.807) is 32.4 Å². The largest absolute Gasteiger partial charge is 0.493 e. The Kier molecular flexibility index (Phi) is 5.44. The zero-order valence-corrected chi connectivity index (χ0v) is 15.5. The third-order valence-corrected chi connectivity index (χ3v) is 4.76. The summed E-state index contributed by atoms with van der Waals surface area (Å²) in [6, 6.07) is 13.7. The Morgan fingerprint density at radius 1 is 1.00 bits per heavy atom. The SMILES string of the molecule is COc1ccc(C(=O)NC2NNC(C)C2c2ccc(C)cc2)cc1OC. The van der Waals surface area contributed by atoms with Crippen molar-refractivity contribution in [3.8, 4) is 11.5 Å². The number of rotatable bonds is 5. The van der Waals surface area contributed by atoms with E-state index in [0.29, 0.717) is 17.1 Å². The highest BCUT2D eigenvalue weighted by molar-refractivity contribution is 5.95. The summed E-state index contributed by atoms with van der Waals surface area (Å²) < 4.78 is 10.5. The second kappa shape index (κ2) is 7.76. The summed E-state index contributed by atoms with van der Waals surface area (Å²) in [6.07, 6.45) is -0.215. The normalized spacial score (nSPS) is 22.1. The Balaban J connectivity index is 1.78. The van der Waals surface area contributed by atoms with Crippen molar-refractivity contribution in [1.82, 2.24) is 16.2 Å². The number of amides is 1. The van der Waals surface area contributed by atoms with E-state index in [9.17, 15) is 4.79 Å². The van der Waals surface area contributed by atoms with Crippen LogP contribution in [-0.2, 0) is 0 Å². The van der Waals surface area contributed by atoms with Crippen LogP contribution in [-0.4, -0.2) is 32.3 Å². The first-order valence-corrected chi connectivity index (χ1v) is 8.64. The maximum absolute atomic E-state index is 12.7. The minimum absolute atomic E-state index is 0.125. The van der Waals surface area contributed by atoms with Gasteiger partial charge in [-0.05, 0) is 37.6 Å². The molecular formula is C20H25N3O3. The summed E-state index contributed by atoms with van der Waals surface area (Å²) >= 11 is 0. The van der Waals surface area contributed by atoms with Crippen LogP contribution < -0.4 is 25.6 Å². The number of methoxy groups -OCH3 is 2. The first-order chi connectivity index (χ1) is 12.5. The van der Waals surface area contributed by atoms with E-state index in [1.165, 1.54) is 11.1 Å². The van der Waals surface area contributed by atoms with Gasteiger partial charge in [-0.25, -0.2) is 5.43 Å². The van der Waals surface area contributed by atoms with Crippen LogP contribution >= 0.6 is 0 Å². The van der Waals surface area contributed by atoms with E-state index < -0.39 is 0 Å². The molecule has 3 atom stereocenters. The first kappa shape index (κ1) is 18.2. The van der Waals surface area contributed by atoms with Gasteiger partial charge in [0.1, 0.15) is 6.17 Å². The van der Waals surface area contributed by atoms with Crippen molar-refractivity contribution in [3.05, 3.63) is 59.2 Å². The second-order valence-electron chi connectivity index (χ2n) is 6.53. The van der Waals surface area contributed by atoms with Gasteiger partial charge in [0.2, 0.25) is 0 Å². The molecule has 2 aromatic carbocycles. The monoisotopic (exact) mass is 355 g/mol. The molecule has 0 aliphatic carbocycles. The molecule has 3 unspecified atom stereocenters. The molecule has 0 aromatic heterocycles. The molecule has 1 aliphatic rings. The van der Waals surface area contributed by atoms with E-state index in [-0.39, 0.29) is 24.0 Å². The third-order valence-electron chi connectivity index (χ3n) is 4.76. The third kappa shape index (κ3) is 3.66. The van der Waals surface area contributed by atoms with Gasteiger partial charge in [0.15, 0.2) is 11.5 Å². The molecule has 6 nitrogen and oxygen atoms in total. The average Bonchev–Trinajstić information content (AvgIpc) is 3.02. The van der Waals surface area contributed by atoms with E-state index >= 15 is 0 Å². The average molecular weight is 355 g/mol. The van der Waals surface area contributed by atoms with Gasteiger partial charge in [-0.15, -0.1) is 0 Å². The van der Waals surface area contributed by atoms with Gasteiger partial charge in [0.05, 0.1) is 14.2 Å². The number of aryl methyl sites for hydroxylation is 1. The van der Waals surface area contributed by atoms with Gasteiger partial charge in [-0.2, -0.15) is 0 Å². The maximum Gasteiger partial charge on any atom is 0.252 e. The smallest absolute Gasteiger partial charge is 0.252 e. The predicted molar refractivity (Wildman–Crippen MR) is 100 cm³/mol. The van der Waals surface area contributed by atoms with Crippen molar-refractivity contribution in [3.63, 3.8) is 0 Å². The molecule has 0 spiro atoms. The Labute approximate surface area is 153 Å². The standard InChI is InChI=1S/C20H25N3O3/c1-12-5-7-14(8-6-12)18-13(2)22-23-19(18)21-20(24)15-9-10-16(25-3)17(11-15)26-4/h5-11,13,18-19,22-23H,1-4H3,(H,21,24). The highest BCUT2D eigenvalue weighted by atomic mass is 16.5.